The topological polar surface area (TPSA) is 169 Å². The van der Waals surface area contributed by atoms with E-state index < -0.39 is 53.8 Å². The summed E-state index contributed by atoms with van der Waals surface area (Å²) in [6.07, 6.45) is -3.12. The van der Waals surface area contributed by atoms with E-state index in [0.29, 0.717) is 0 Å². The zero-order valence-corrected chi connectivity index (χ0v) is 12.7. The van der Waals surface area contributed by atoms with Crippen LogP contribution in [0.3, 0.4) is 0 Å². The minimum Gasteiger partial charge on any atom is -0.387 e. The van der Waals surface area contributed by atoms with Gasteiger partial charge in [-0.05, 0) is 0 Å². The average molecular weight is 342 g/mol. The van der Waals surface area contributed by atoms with Crippen molar-refractivity contribution < 1.29 is 24.1 Å². The monoisotopic (exact) mass is 342 g/mol. The van der Waals surface area contributed by atoms with Gasteiger partial charge in [-0.1, -0.05) is 0 Å². The van der Waals surface area contributed by atoms with Gasteiger partial charge in [-0.25, -0.2) is 9.59 Å². The molecule has 0 aliphatic carbocycles. The smallest absolute Gasteiger partial charge is 0.325 e. The first-order chi connectivity index (χ1) is 11.4. The summed E-state index contributed by atoms with van der Waals surface area (Å²) in [7, 11) is 1.44. The largest absolute Gasteiger partial charge is 0.387 e. The van der Waals surface area contributed by atoms with Gasteiger partial charge in [0.25, 0.3) is 5.56 Å². The second-order valence-corrected chi connectivity index (χ2v) is 5.65. The van der Waals surface area contributed by atoms with Crippen LogP contribution in [0, 0.1) is 0 Å². The van der Waals surface area contributed by atoms with Crippen LogP contribution in [0.2, 0.25) is 0 Å². The van der Waals surface area contributed by atoms with Crippen LogP contribution in [0.15, 0.2) is 15.8 Å². The van der Waals surface area contributed by atoms with E-state index in [-0.39, 0.29) is 12.2 Å². The quantitative estimate of drug-likeness (QED) is 0.398. The Balaban J connectivity index is 1.91. The number of aromatic nitrogens is 2. The van der Waals surface area contributed by atoms with Crippen LogP contribution < -0.4 is 22.3 Å². The van der Waals surface area contributed by atoms with E-state index >= 15 is 0 Å². The number of hydrogen-bond acceptors (Lipinski definition) is 7. The van der Waals surface area contributed by atoms with Crippen LogP contribution in [-0.2, 0) is 14.2 Å². The van der Waals surface area contributed by atoms with Crippen LogP contribution in [0.5, 0.6) is 0 Å². The number of carbonyl (C=O) groups is 1. The predicted octanol–water partition coefficient (Wildman–Crippen LogP) is -2.69. The van der Waals surface area contributed by atoms with Gasteiger partial charge in [-0.2, -0.15) is 0 Å². The van der Waals surface area contributed by atoms with Crippen molar-refractivity contribution in [1.29, 1.82) is 0 Å². The summed E-state index contributed by atoms with van der Waals surface area (Å²) in [5.41, 5.74) is 3.89. The maximum Gasteiger partial charge on any atom is 0.325 e. The van der Waals surface area contributed by atoms with Gasteiger partial charge in [0.2, 0.25) is 0 Å². The molecule has 2 aliphatic heterocycles. The molecular formula is C13H18N4O7. The number of H-pyrrole nitrogens is 2. The summed E-state index contributed by atoms with van der Waals surface area (Å²) in [6.45, 7) is 0.109. The Hall–Kier alpha value is -2.21. The molecule has 24 heavy (non-hydrogen) atoms. The first-order valence-corrected chi connectivity index (χ1v) is 7.28. The van der Waals surface area contributed by atoms with E-state index in [1.165, 1.54) is 13.3 Å². The number of nitrogens with one attached hydrogen (secondary N) is 3. The molecule has 1 aromatic rings. The molecule has 0 bridgehead atoms. The molecule has 3 heterocycles. The second kappa shape index (κ2) is 6.36. The molecule has 0 radical (unpaired) electrons. The molecule has 2 fully saturated rings. The highest BCUT2D eigenvalue weighted by Gasteiger charge is 2.54. The summed E-state index contributed by atoms with van der Waals surface area (Å²) in [5.74, 6) is 0. The molecule has 2 amide bonds. The first-order valence-electron chi connectivity index (χ1n) is 7.28. The fourth-order valence-electron chi connectivity index (χ4n) is 3.14. The third kappa shape index (κ3) is 2.82. The lowest BCUT2D eigenvalue weighted by Gasteiger charge is -2.38. The summed E-state index contributed by atoms with van der Waals surface area (Å²) < 4.78 is 16.6. The number of amides is 2. The number of nitrogens with two attached hydrogens (primary N) is 1. The lowest BCUT2D eigenvalue weighted by molar-refractivity contribution is -0.143. The molecule has 1 aromatic heterocycles. The predicted molar refractivity (Wildman–Crippen MR) is 78.3 cm³/mol. The molecule has 6 N–H and O–H groups in total. The Morgan fingerprint density at radius 1 is 1.46 bits per heavy atom. The Morgan fingerprint density at radius 2 is 2.21 bits per heavy atom. The number of carbonyl (C=O) groups excluding carboxylic acids is 1. The number of ether oxygens (including phenoxy) is 3. The van der Waals surface area contributed by atoms with Gasteiger partial charge in [0.15, 0.2) is 0 Å². The van der Waals surface area contributed by atoms with E-state index in [0.717, 1.165) is 0 Å². The van der Waals surface area contributed by atoms with Crippen LogP contribution >= 0.6 is 0 Å². The molecule has 3 rings (SSSR count). The third-order valence-electron chi connectivity index (χ3n) is 4.25. The highest BCUT2D eigenvalue weighted by atomic mass is 16.6. The van der Waals surface area contributed by atoms with Crippen LogP contribution in [0.1, 0.15) is 11.7 Å². The van der Waals surface area contributed by atoms with Gasteiger partial charge in [0.05, 0.1) is 18.2 Å². The van der Waals surface area contributed by atoms with Crippen molar-refractivity contribution in [2.45, 2.75) is 36.6 Å². The Labute approximate surface area is 135 Å². The molecule has 6 atom stereocenters. The summed E-state index contributed by atoms with van der Waals surface area (Å²) >= 11 is 0. The maximum atomic E-state index is 11.9. The number of fused-ring (bicyclic) bond motifs is 1. The number of methoxy groups -OCH3 is 1. The molecule has 2 aliphatic rings. The fraction of sp³-hybridized carbons (Fsp3) is 0.615. The van der Waals surface area contributed by atoms with E-state index in [9.17, 15) is 19.5 Å². The lowest BCUT2D eigenvalue weighted by Crippen LogP contribution is -2.62. The molecular weight excluding hydrogens is 324 g/mol. The minimum absolute atomic E-state index is 0.0480. The second-order valence-electron chi connectivity index (χ2n) is 5.65. The third-order valence-corrected chi connectivity index (χ3v) is 4.25. The van der Waals surface area contributed by atoms with Crippen molar-refractivity contribution in [2.75, 3.05) is 13.7 Å². The molecule has 0 spiro atoms. The average Bonchev–Trinajstić information content (AvgIpc) is 2.85. The number of primary amides is 1. The van der Waals surface area contributed by atoms with Crippen molar-refractivity contribution in [3.8, 4) is 0 Å². The summed E-state index contributed by atoms with van der Waals surface area (Å²) in [4.78, 5) is 38.7. The fourth-order valence-corrected chi connectivity index (χ4v) is 3.14. The van der Waals surface area contributed by atoms with Crippen molar-refractivity contribution in [2.24, 2.45) is 5.73 Å². The van der Waals surface area contributed by atoms with Gasteiger partial charge in [-0.15, -0.1) is 0 Å². The van der Waals surface area contributed by atoms with E-state index in [2.05, 4.69) is 15.3 Å². The van der Waals surface area contributed by atoms with Crippen molar-refractivity contribution in [3.05, 3.63) is 32.6 Å². The van der Waals surface area contributed by atoms with Gasteiger partial charge in [0.1, 0.15) is 30.5 Å². The zero-order chi connectivity index (χ0) is 17.4. The zero-order valence-electron chi connectivity index (χ0n) is 12.7. The Morgan fingerprint density at radius 3 is 2.83 bits per heavy atom. The van der Waals surface area contributed by atoms with Crippen molar-refractivity contribution in [1.82, 2.24) is 15.3 Å². The van der Waals surface area contributed by atoms with E-state index in [4.69, 9.17) is 19.9 Å². The molecule has 11 heteroatoms. The number of urea groups is 1. The molecule has 1 unspecified atom stereocenters. The van der Waals surface area contributed by atoms with E-state index in [1.54, 1.807) is 0 Å². The molecule has 132 valence electrons. The highest BCUT2D eigenvalue weighted by Crippen LogP contribution is 2.38. The SMILES string of the molecule is CO[C@H]1CO[C@H]2C(O)[C@H](c3c[nH]c(=O)[nH]c3=O)O[C@@H]2[C@@H]1NC(N)=O. The standard InChI is InChI=1S/C13H18N4O7/c1-22-5-3-23-10-7(18)8(4-2-15-13(21)17-11(4)19)24-9(10)6(5)16-12(14)20/h2,5-10,18H,3H2,1H3,(H3,14,16,20)(H2,15,17,19,21)/t5-,6+,7?,8-,9+,10-/m0/s1. The minimum atomic E-state index is -1.17. The van der Waals surface area contributed by atoms with Crippen molar-refractivity contribution >= 4 is 6.03 Å². The van der Waals surface area contributed by atoms with Gasteiger partial charge < -0.3 is 35.4 Å². The number of aliphatic hydroxyl groups excluding tert-OH is 1. The number of hydrogen-bond donors (Lipinski definition) is 5. The van der Waals surface area contributed by atoms with Gasteiger partial charge in [0, 0.05) is 13.3 Å². The number of aliphatic hydroxyl groups is 1. The highest BCUT2D eigenvalue weighted by molar-refractivity contribution is 5.72. The summed E-state index contributed by atoms with van der Waals surface area (Å²) in [5, 5.41) is 13.0. The van der Waals surface area contributed by atoms with Crippen LogP contribution in [-0.4, -0.2) is 65.3 Å². The van der Waals surface area contributed by atoms with Crippen LogP contribution in [0.4, 0.5) is 4.79 Å². The van der Waals surface area contributed by atoms with Gasteiger partial charge in [-0.3, -0.25) is 9.78 Å². The molecule has 2 saturated heterocycles. The van der Waals surface area contributed by atoms with Gasteiger partial charge >= 0.3 is 11.7 Å². The first kappa shape index (κ1) is 16.6. The molecule has 0 aromatic carbocycles. The van der Waals surface area contributed by atoms with Crippen LogP contribution in [0.25, 0.3) is 0 Å². The van der Waals surface area contributed by atoms with E-state index in [1.807, 2.05) is 0 Å². The normalized spacial score (nSPS) is 35.4. The number of aromatic amines is 2. The molecule has 11 nitrogen and oxygen atoms in total. The molecule has 0 saturated carbocycles. The Kier molecular flexibility index (Phi) is 4.41. The summed E-state index contributed by atoms with van der Waals surface area (Å²) in [6, 6.07) is -1.43. The van der Waals surface area contributed by atoms with Crippen molar-refractivity contribution in [3.63, 3.8) is 0 Å². The number of rotatable bonds is 3. The maximum absolute atomic E-state index is 11.9. The lowest BCUT2D eigenvalue weighted by atomic mass is 9.94. The Bertz CT molecular complexity index is 732.